The van der Waals surface area contributed by atoms with Crippen molar-refractivity contribution in [2.24, 2.45) is 0 Å². The Balaban J connectivity index is 1.46. The molecule has 0 bridgehead atoms. The molecule has 4 N–H and O–H groups in total. The van der Waals surface area contributed by atoms with Gasteiger partial charge in [-0.05, 0) is 56.7 Å². The minimum atomic E-state index is -0.728. The van der Waals surface area contributed by atoms with E-state index in [1.165, 1.54) is 23.3 Å². The summed E-state index contributed by atoms with van der Waals surface area (Å²) in [6, 6.07) is 14.8. The molecule has 29 heavy (non-hydrogen) atoms. The molecule has 0 fully saturated rings. The number of rotatable bonds is 9. The zero-order chi connectivity index (χ0) is 20.8. The molecule has 0 aliphatic carbocycles. The van der Waals surface area contributed by atoms with Gasteiger partial charge in [-0.1, -0.05) is 35.9 Å². The van der Waals surface area contributed by atoms with Crippen molar-refractivity contribution in [2.75, 3.05) is 26.7 Å². The van der Waals surface area contributed by atoms with Gasteiger partial charge in [0, 0.05) is 24.5 Å². The standard InChI is InChI=1S/C23H29N3O3/c1-16-4-6-17(7-5-16)15-26(2)13-3-12-24-14-21(28)18-8-10-20(27)23-19(18)9-11-22(29)25-23/h4-11,21,24,27-28H,3,12-15H2,1-2H3,(H,25,29). The zero-order valence-corrected chi connectivity index (χ0v) is 17.0. The maximum Gasteiger partial charge on any atom is 0.248 e. The van der Waals surface area contributed by atoms with Crippen LogP contribution in [0.1, 0.15) is 29.2 Å². The minimum absolute atomic E-state index is 0.00165. The van der Waals surface area contributed by atoms with Crippen molar-refractivity contribution in [3.05, 3.63) is 75.6 Å². The number of nitrogens with one attached hydrogen (secondary N) is 2. The number of pyridine rings is 1. The highest BCUT2D eigenvalue weighted by Crippen LogP contribution is 2.28. The fourth-order valence-corrected chi connectivity index (χ4v) is 3.46. The lowest BCUT2D eigenvalue weighted by Gasteiger charge is -2.18. The molecule has 0 aliphatic heterocycles. The van der Waals surface area contributed by atoms with Crippen LogP contribution < -0.4 is 10.9 Å². The van der Waals surface area contributed by atoms with Gasteiger partial charge in [0.15, 0.2) is 0 Å². The smallest absolute Gasteiger partial charge is 0.248 e. The summed E-state index contributed by atoms with van der Waals surface area (Å²) >= 11 is 0. The number of H-pyrrole nitrogens is 1. The maximum atomic E-state index is 11.5. The van der Waals surface area contributed by atoms with Crippen LogP contribution in [0.15, 0.2) is 53.3 Å². The molecule has 3 rings (SSSR count). The first-order valence-corrected chi connectivity index (χ1v) is 9.92. The molecule has 6 heteroatoms. The Kier molecular flexibility index (Phi) is 7.04. The van der Waals surface area contributed by atoms with E-state index in [1.54, 1.807) is 12.1 Å². The van der Waals surface area contributed by atoms with Crippen LogP contribution in [0.3, 0.4) is 0 Å². The van der Waals surface area contributed by atoms with Gasteiger partial charge >= 0.3 is 0 Å². The Morgan fingerprint density at radius 3 is 2.62 bits per heavy atom. The Bertz CT molecular complexity index is 998. The number of fused-ring (bicyclic) bond motifs is 1. The lowest BCUT2D eigenvalue weighted by molar-refractivity contribution is 0.175. The quantitative estimate of drug-likeness (QED) is 0.419. The fourth-order valence-electron chi connectivity index (χ4n) is 3.46. The fraction of sp³-hybridized carbons (Fsp3) is 0.348. The highest BCUT2D eigenvalue weighted by molar-refractivity contribution is 5.87. The van der Waals surface area contributed by atoms with Gasteiger partial charge in [0.1, 0.15) is 5.75 Å². The first-order valence-electron chi connectivity index (χ1n) is 9.92. The van der Waals surface area contributed by atoms with E-state index in [2.05, 4.69) is 53.4 Å². The van der Waals surface area contributed by atoms with Crippen LogP contribution >= 0.6 is 0 Å². The molecule has 3 aromatic rings. The van der Waals surface area contributed by atoms with Gasteiger partial charge in [-0.15, -0.1) is 0 Å². The average molecular weight is 396 g/mol. The average Bonchev–Trinajstić information content (AvgIpc) is 2.70. The molecular weight excluding hydrogens is 366 g/mol. The van der Waals surface area contributed by atoms with Gasteiger partial charge in [-0.2, -0.15) is 0 Å². The van der Waals surface area contributed by atoms with E-state index in [0.717, 1.165) is 26.1 Å². The largest absolute Gasteiger partial charge is 0.506 e. The molecular formula is C23H29N3O3. The number of aryl methyl sites for hydroxylation is 1. The lowest BCUT2D eigenvalue weighted by Crippen LogP contribution is -2.26. The molecule has 1 atom stereocenters. The molecule has 0 spiro atoms. The molecule has 1 heterocycles. The van der Waals surface area contributed by atoms with E-state index >= 15 is 0 Å². The van der Waals surface area contributed by atoms with Crippen molar-refractivity contribution in [3.8, 4) is 5.75 Å². The van der Waals surface area contributed by atoms with Crippen LogP contribution in [0.2, 0.25) is 0 Å². The zero-order valence-electron chi connectivity index (χ0n) is 17.0. The number of phenols is 1. The van der Waals surface area contributed by atoms with E-state index in [9.17, 15) is 15.0 Å². The van der Waals surface area contributed by atoms with Gasteiger partial charge in [0.25, 0.3) is 0 Å². The second-order valence-corrected chi connectivity index (χ2v) is 7.58. The van der Waals surface area contributed by atoms with E-state index in [4.69, 9.17) is 0 Å². The van der Waals surface area contributed by atoms with E-state index in [0.29, 0.717) is 23.0 Å². The monoisotopic (exact) mass is 395 g/mol. The molecule has 0 aliphatic rings. The van der Waals surface area contributed by atoms with Gasteiger partial charge in [-0.25, -0.2) is 0 Å². The third kappa shape index (κ3) is 5.67. The summed E-state index contributed by atoms with van der Waals surface area (Å²) in [6.07, 6.45) is 0.243. The number of hydrogen-bond donors (Lipinski definition) is 4. The van der Waals surface area contributed by atoms with Crippen LogP contribution in [-0.2, 0) is 6.54 Å². The minimum Gasteiger partial charge on any atom is -0.506 e. The van der Waals surface area contributed by atoms with Gasteiger partial charge in [-0.3, -0.25) is 4.79 Å². The maximum absolute atomic E-state index is 11.5. The van der Waals surface area contributed by atoms with Crippen molar-refractivity contribution in [1.29, 1.82) is 0 Å². The second-order valence-electron chi connectivity index (χ2n) is 7.58. The predicted octanol–water partition coefficient (Wildman–Crippen LogP) is 2.69. The summed E-state index contributed by atoms with van der Waals surface area (Å²) < 4.78 is 0. The lowest BCUT2D eigenvalue weighted by atomic mass is 10.0. The number of aromatic amines is 1. The number of phenolic OH excluding ortho intramolecular Hbond substituents is 1. The van der Waals surface area contributed by atoms with Crippen LogP contribution in [0.5, 0.6) is 5.75 Å². The number of aromatic nitrogens is 1. The highest BCUT2D eigenvalue weighted by Gasteiger charge is 2.13. The Morgan fingerprint density at radius 2 is 1.86 bits per heavy atom. The van der Waals surface area contributed by atoms with Crippen molar-refractivity contribution in [2.45, 2.75) is 26.0 Å². The summed E-state index contributed by atoms with van der Waals surface area (Å²) in [5.74, 6) is -0.00165. The van der Waals surface area contributed by atoms with Crippen molar-refractivity contribution in [1.82, 2.24) is 15.2 Å². The number of hydrogen-bond acceptors (Lipinski definition) is 5. The summed E-state index contributed by atoms with van der Waals surface area (Å²) in [5, 5.41) is 24.4. The van der Waals surface area contributed by atoms with Crippen molar-refractivity contribution >= 4 is 10.9 Å². The summed E-state index contributed by atoms with van der Waals surface area (Å²) in [7, 11) is 2.11. The number of aromatic hydroxyl groups is 1. The molecule has 1 aromatic heterocycles. The normalized spacial score (nSPS) is 12.6. The molecule has 2 aromatic carbocycles. The highest BCUT2D eigenvalue weighted by atomic mass is 16.3. The summed E-state index contributed by atoms with van der Waals surface area (Å²) in [6.45, 7) is 5.16. The molecule has 154 valence electrons. The molecule has 0 saturated heterocycles. The topological polar surface area (TPSA) is 88.6 Å². The Hall–Kier alpha value is -2.67. The van der Waals surface area contributed by atoms with E-state index in [1.807, 2.05) is 0 Å². The van der Waals surface area contributed by atoms with Crippen LogP contribution in [0.4, 0.5) is 0 Å². The molecule has 0 radical (unpaired) electrons. The SMILES string of the molecule is Cc1ccc(CN(C)CCCNCC(O)c2ccc(O)c3[nH]c(=O)ccc23)cc1. The van der Waals surface area contributed by atoms with Crippen LogP contribution in [0.25, 0.3) is 10.9 Å². The predicted molar refractivity (Wildman–Crippen MR) is 116 cm³/mol. The van der Waals surface area contributed by atoms with Crippen molar-refractivity contribution < 1.29 is 10.2 Å². The van der Waals surface area contributed by atoms with Gasteiger partial charge in [0.05, 0.1) is 11.6 Å². The van der Waals surface area contributed by atoms with E-state index < -0.39 is 6.10 Å². The number of aliphatic hydroxyl groups is 1. The number of benzene rings is 2. The molecule has 6 nitrogen and oxygen atoms in total. The van der Waals surface area contributed by atoms with Crippen LogP contribution in [-0.4, -0.2) is 46.8 Å². The first kappa shape index (κ1) is 21.0. The third-order valence-corrected chi connectivity index (χ3v) is 5.07. The number of aliphatic hydroxyl groups excluding tert-OH is 1. The van der Waals surface area contributed by atoms with Crippen molar-refractivity contribution in [3.63, 3.8) is 0 Å². The molecule has 0 saturated carbocycles. The Morgan fingerprint density at radius 1 is 1.10 bits per heavy atom. The Labute approximate surface area is 170 Å². The molecule has 1 unspecified atom stereocenters. The van der Waals surface area contributed by atoms with Gasteiger partial charge < -0.3 is 25.4 Å². The third-order valence-electron chi connectivity index (χ3n) is 5.07. The summed E-state index contributed by atoms with van der Waals surface area (Å²) in [4.78, 5) is 16.4. The second kappa shape index (κ2) is 9.69. The van der Waals surface area contributed by atoms with Crippen LogP contribution in [0, 0.1) is 6.92 Å². The summed E-state index contributed by atoms with van der Waals surface area (Å²) in [5.41, 5.74) is 3.32. The molecule has 0 amide bonds. The van der Waals surface area contributed by atoms with Gasteiger partial charge in [0.2, 0.25) is 5.56 Å². The van der Waals surface area contributed by atoms with E-state index in [-0.39, 0.29) is 11.3 Å². The first-order chi connectivity index (χ1) is 13.9. The number of nitrogens with zero attached hydrogens (tertiary/aromatic N) is 1.